The van der Waals surface area contributed by atoms with Gasteiger partial charge < -0.3 is 14.2 Å². The van der Waals surface area contributed by atoms with E-state index in [0.29, 0.717) is 6.42 Å². The summed E-state index contributed by atoms with van der Waals surface area (Å²) in [6.45, 7) is 2.13. The molecule has 0 aromatic rings. The topological polar surface area (TPSA) is 44.8 Å². The lowest BCUT2D eigenvalue weighted by Gasteiger charge is -2.55. The van der Waals surface area contributed by atoms with E-state index in [4.69, 9.17) is 14.2 Å². The molecule has 2 fully saturated rings. The van der Waals surface area contributed by atoms with Crippen molar-refractivity contribution in [2.24, 2.45) is 5.41 Å². The van der Waals surface area contributed by atoms with Gasteiger partial charge in [0.1, 0.15) is 0 Å². The molecule has 2 bridgehead atoms. The quantitative estimate of drug-likeness (QED) is 0.703. The Kier molecular flexibility index (Phi) is 2.50. The van der Waals surface area contributed by atoms with E-state index in [1.807, 2.05) is 6.08 Å². The fraction of sp³-hybridized carbons (Fsp3) is 0.786. The summed E-state index contributed by atoms with van der Waals surface area (Å²) in [4.78, 5) is 12.6. The number of hydrogen-bond acceptors (Lipinski definition) is 4. The van der Waals surface area contributed by atoms with Gasteiger partial charge in [-0.25, -0.2) is 0 Å². The van der Waals surface area contributed by atoms with Crippen molar-refractivity contribution in [3.8, 4) is 0 Å². The molecule has 18 heavy (non-hydrogen) atoms. The minimum atomic E-state index is -0.971. The van der Waals surface area contributed by atoms with Crippen LogP contribution in [0.1, 0.15) is 32.6 Å². The van der Waals surface area contributed by atoms with Gasteiger partial charge in [-0.2, -0.15) is 0 Å². The molecule has 3 aliphatic rings. The third kappa shape index (κ3) is 1.14. The first kappa shape index (κ1) is 12.3. The predicted octanol–water partition coefficient (Wildman–Crippen LogP) is 1.83. The second-order valence-electron chi connectivity index (χ2n) is 5.84. The SMILES string of the molecule is COC1(OC)CCC[C@@]2(C)C[C@@H]3C=CC(=O)[C@]12O3. The van der Waals surface area contributed by atoms with E-state index in [1.54, 1.807) is 20.3 Å². The molecule has 0 amide bonds. The summed E-state index contributed by atoms with van der Waals surface area (Å²) in [6.07, 6.45) is 7.06. The number of fused-ring (bicyclic) bond motifs is 1. The summed E-state index contributed by atoms with van der Waals surface area (Å²) in [7, 11) is 3.21. The van der Waals surface area contributed by atoms with E-state index < -0.39 is 11.4 Å². The Morgan fingerprint density at radius 3 is 2.72 bits per heavy atom. The maximum absolute atomic E-state index is 12.6. The second-order valence-corrected chi connectivity index (χ2v) is 5.84. The Balaban J connectivity index is 2.20. The van der Waals surface area contributed by atoms with E-state index in [-0.39, 0.29) is 17.3 Å². The highest BCUT2D eigenvalue weighted by Crippen LogP contribution is 2.62. The predicted molar refractivity (Wildman–Crippen MR) is 65.1 cm³/mol. The first-order valence-corrected chi connectivity index (χ1v) is 6.54. The highest BCUT2D eigenvalue weighted by Gasteiger charge is 2.74. The lowest BCUT2D eigenvalue weighted by Crippen LogP contribution is -2.70. The Morgan fingerprint density at radius 2 is 2.06 bits per heavy atom. The van der Waals surface area contributed by atoms with E-state index in [2.05, 4.69) is 6.92 Å². The zero-order valence-corrected chi connectivity index (χ0v) is 11.2. The number of ether oxygens (including phenoxy) is 3. The van der Waals surface area contributed by atoms with Crippen molar-refractivity contribution in [3.05, 3.63) is 12.2 Å². The van der Waals surface area contributed by atoms with Crippen LogP contribution in [0.4, 0.5) is 0 Å². The average Bonchev–Trinajstić information content (AvgIpc) is 2.63. The Bertz CT molecular complexity index is 412. The average molecular weight is 252 g/mol. The van der Waals surface area contributed by atoms with Crippen molar-refractivity contribution in [3.63, 3.8) is 0 Å². The largest absolute Gasteiger partial charge is 0.353 e. The molecule has 0 aromatic heterocycles. The lowest BCUT2D eigenvalue weighted by molar-refractivity contribution is -0.328. The van der Waals surface area contributed by atoms with Crippen molar-refractivity contribution < 1.29 is 19.0 Å². The van der Waals surface area contributed by atoms with Crippen LogP contribution in [0.5, 0.6) is 0 Å². The zero-order chi connectivity index (χ0) is 13.0. The molecular formula is C14H20O4. The normalized spacial score (nSPS) is 45.1. The molecule has 2 heterocycles. The van der Waals surface area contributed by atoms with Gasteiger partial charge in [-0.15, -0.1) is 0 Å². The van der Waals surface area contributed by atoms with E-state index in [9.17, 15) is 4.79 Å². The van der Waals surface area contributed by atoms with Gasteiger partial charge in [0, 0.05) is 26.1 Å². The van der Waals surface area contributed by atoms with Crippen LogP contribution in [0.25, 0.3) is 0 Å². The molecular weight excluding hydrogens is 232 g/mol. The monoisotopic (exact) mass is 252 g/mol. The molecule has 1 spiro atoms. The molecule has 1 saturated carbocycles. The molecule has 3 atom stereocenters. The first-order valence-electron chi connectivity index (χ1n) is 6.54. The van der Waals surface area contributed by atoms with Crippen molar-refractivity contribution >= 4 is 5.78 Å². The van der Waals surface area contributed by atoms with Gasteiger partial charge in [-0.1, -0.05) is 13.0 Å². The van der Waals surface area contributed by atoms with Crippen LogP contribution < -0.4 is 0 Å². The minimum Gasteiger partial charge on any atom is -0.353 e. The van der Waals surface area contributed by atoms with Crippen LogP contribution in [0.3, 0.4) is 0 Å². The minimum absolute atomic E-state index is 0.00970. The van der Waals surface area contributed by atoms with E-state index >= 15 is 0 Å². The molecule has 0 unspecified atom stereocenters. The fourth-order valence-corrected chi connectivity index (χ4v) is 4.25. The van der Waals surface area contributed by atoms with Crippen LogP contribution in [-0.4, -0.2) is 37.5 Å². The summed E-state index contributed by atoms with van der Waals surface area (Å²) in [5, 5.41) is 0. The second kappa shape index (κ2) is 3.65. The number of hydrogen-bond donors (Lipinski definition) is 0. The Morgan fingerprint density at radius 1 is 1.33 bits per heavy atom. The van der Waals surface area contributed by atoms with Gasteiger partial charge in [-0.05, 0) is 25.3 Å². The van der Waals surface area contributed by atoms with Gasteiger partial charge in [0.2, 0.25) is 5.79 Å². The van der Waals surface area contributed by atoms with Crippen LogP contribution in [-0.2, 0) is 19.0 Å². The highest BCUT2D eigenvalue weighted by molar-refractivity contribution is 6.00. The first-order chi connectivity index (χ1) is 8.53. The lowest BCUT2D eigenvalue weighted by atomic mass is 9.59. The molecule has 0 aromatic carbocycles. The fourth-order valence-electron chi connectivity index (χ4n) is 4.25. The number of ketones is 1. The van der Waals surface area contributed by atoms with Crippen LogP contribution in [0, 0.1) is 5.41 Å². The Hall–Kier alpha value is -0.710. The van der Waals surface area contributed by atoms with Crippen LogP contribution in [0.2, 0.25) is 0 Å². The number of rotatable bonds is 2. The van der Waals surface area contributed by atoms with Crippen LogP contribution >= 0.6 is 0 Å². The van der Waals surface area contributed by atoms with Crippen molar-refractivity contribution in [1.82, 2.24) is 0 Å². The molecule has 3 rings (SSSR count). The third-order valence-corrected chi connectivity index (χ3v) is 5.07. The zero-order valence-electron chi connectivity index (χ0n) is 11.2. The van der Waals surface area contributed by atoms with Gasteiger partial charge in [0.25, 0.3) is 0 Å². The Labute approximate surface area is 107 Å². The van der Waals surface area contributed by atoms with Crippen molar-refractivity contribution in [2.45, 2.75) is 50.1 Å². The summed E-state index contributed by atoms with van der Waals surface area (Å²) < 4.78 is 17.4. The van der Waals surface area contributed by atoms with Crippen molar-refractivity contribution in [2.75, 3.05) is 14.2 Å². The molecule has 4 nitrogen and oxygen atoms in total. The van der Waals surface area contributed by atoms with Gasteiger partial charge in [-0.3, -0.25) is 4.79 Å². The highest BCUT2D eigenvalue weighted by atomic mass is 16.7. The standard InChI is InChI=1S/C14H20O4/c1-12-7-4-8-13(16-2,17-3)14(12)11(15)6-5-10(9-12)18-14/h5-6,10H,4,7-9H2,1-3H3/t10-,12-,14+/m0/s1. The van der Waals surface area contributed by atoms with Crippen LogP contribution in [0.15, 0.2) is 12.2 Å². The maximum atomic E-state index is 12.6. The number of carbonyl (C=O) groups excluding carboxylic acids is 1. The molecule has 1 aliphatic carbocycles. The van der Waals surface area contributed by atoms with Crippen molar-refractivity contribution in [1.29, 1.82) is 0 Å². The van der Waals surface area contributed by atoms with Gasteiger partial charge in [0.05, 0.1) is 6.10 Å². The maximum Gasteiger partial charge on any atom is 0.205 e. The molecule has 100 valence electrons. The number of methoxy groups -OCH3 is 2. The van der Waals surface area contributed by atoms with E-state index in [0.717, 1.165) is 19.3 Å². The number of carbonyl (C=O) groups is 1. The smallest absolute Gasteiger partial charge is 0.205 e. The molecule has 4 heteroatoms. The van der Waals surface area contributed by atoms with Gasteiger partial charge >= 0.3 is 0 Å². The summed E-state index contributed by atoms with van der Waals surface area (Å²) >= 11 is 0. The summed E-state index contributed by atoms with van der Waals surface area (Å²) in [5.41, 5.74) is -1.18. The molecule has 0 N–H and O–H groups in total. The van der Waals surface area contributed by atoms with E-state index in [1.165, 1.54) is 0 Å². The molecule has 1 saturated heterocycles. The third-order valence-electron chi connectivity index (χ3n) is 5.07. The van der Waals surface area contributed by atoms with Gasteiger partial charge in [0.15, 0.2) is 11.4 Å². The summed E-state index contributed by atoms with van der Waals surface area (Å²) in [5.74, 6) is -0.960. The molecule has 0 radical (unpaired) electrons. The summed E-state index contributed by atoms with van der Waals surface area (Å²) in [6, 6.07) is 0. The molecule has 2 aliphatic heterocycles.